The number of fused-ring (bicyclic) bond motifs is 1. The number of hydrogen-bond donors (Lipinski definition) is 3. The molecule has 4 nitrogen and oxygen atoms in total. The number of rotatable bonds is 2. The molecule has 3 rings (SSSR count). The standard InChI is InChI=1S/C15H15N3OS.2C2H6/c1-17-11-3-2-9(6-10(16)7-11)15-18-13-5-4-12(19)8-14(13)20-15;2*1-2/h2-5,7-8,17,19H,6,16H2,1H3;2*1-2H3. The zero-order valence-electron chi connectivity index (χ0n) is 15.1. The Hall–Kier alpha value is -2.27. The number of nitrogens with one attached hydrogen (secondary N) is 1. The SMILES string of the molecule is CC.CC.CNC1=CC=C(c2nc3ccc(O)cc3s2)CC(N)=C1. The van der Waals surface area contributed by atoms with E-state index < -0.39 is 0 Å². The smallest absolute Gasteiger partial charge is 0.120 e. The zero-order valence-corrected chi connectivity index (χ0v) is 15.9. The number of phenols is 1. The van der Waals surface area contributed by atoms with Crippen LogP contribution < -0.4 is 11.1 Å². The van der Waals surface area contributed by atoms with Crippen molar-refractivity contribution in [3.63, 3.8) is 0 Å². The summed E-state index contributed by atoms with van der Waals surface area (Å²) in [5, 5.41) is 13.6. The lowest BCUT2D eigenvalue weighted by atomic mass is 10.1. The topological polar surface area (TPSA) is 71.2 Å². The quantitative estimate of drug-likeness (QED) is 0.732. The van der Waals surface area contributed by atoms with Gasteiger partial charge in [-0.1, -0.05) is 33.8 Å². The molecule has 2 aromatic rings. The number of likely N-dealkylation sites (N-methyl/N-ethyl adjacent to an activating group) is 1. The summed E-state index contributed by atoms with van der Waals surface area (Å²) in [5.41, 5.74) is 9.79. The highest BCUT2D eigenvalue weighted by Crippen LogP contribution is 2.32. The van der Waals surface area contributed by atoms with Crippen LogP contribution in [0.2, 0.25) is 0 Å². The van der Waals surface area contributed by atoms with E-state index >= 15 is 0 Å². The molecule has 0 saturated heterocycles. The van der Waals surface area contributed by atoms with E-state index in [0.29, 0.717) is 6.42 Å². The molecule has 1 aliphatic carbocycles. The van der Waals surface area contributed by atoms with Crippen molar-refractivity contribution in [2.75, 3.05) is 7.05 Å². The number of hydrogen-bond acceptors (Lipinski definition) is 5. The van der Waals surface area contributed by atoms with Gasteiger partial charge < -0.3 is 16.2 Å². The van der Waals surface area contributed by atoms with Crippen LogP contribution >= 0.6 is 11.3 Å². The van der Waals surface area contributed by atoms with Gasteiger partial charge in [-0.2, -0.15) is 0 Å². The highest BCUT2D eigenvalue weighted by atomic mass is 32.1. The molecular weight excluding hydrogens is 318 g/mol. The van der Waals surface area contributed by atoms with Crippen LogP contribution in [0.5, 0.6) is 5.75 Å². The number of nitrogens with zero attached hydrogens (tertiary/aromatic N) is 1. The first kappa shape index (κ1) is 19.8. The van der Waals surface area contributed by atoms with E-state index in [0.717, 1.165) is 32.2 Å². The van der Waals surface area contributed by atoms with Gasteiger partial charge in [0.25, 0.3) is 0 Å². The molecule has 5 heteroatoms. The van der Waals surface area contributed by atoms with Gasteiger partial charge in [-0.15, -0.1) is 11.3 Å². The summed E-state index contributed by atoms with van der Waals surface area (Å²) in [4.78, 5) is 4.61. The van der Waals surface area contributed by atoms with Crippen molar-refractivity contribution >= 4 is 27.1 Å². The number of aromatic hydroxyl groups is 1. The summed E-state index contributed by atoms with van der Waals surface area (Å²) in [6, 6.07) is 5.22. The predicted molar refractivity (Wildman–Crippen MR) is 106 cm³/mol. The maximum absolute atomic E-state index is 9.52. The second-order valence-electron chi connectivity index (χ2n) is 4.63. The van der Waals surface area contributed by atoms with Gasteiger partial charge in [-0.3, -0.25) is 0 Å². The average Bonchev–Trinajstić information content (AvgIpc) is 2.93. The van der Waals surface area contributed by atoms with Gasteiger partial charge in [0.2, 0.25) is 0 Å². The molecule has 0 atom stereocenters. The summed E-state index contributed by atoms with van der Waals surface area (Å²) < 4.78 is 0.977. The minimum atomic E-state index is 0.263. The Kier molecular flexibility index (Phi) is 8.06. The van der Waals surface area contributed by atoms with Crippen LogP contribution in [0, 0.1) is 0 Å². The molecule has 0 amide bonds. The monoisotopic (exact) mass is 345 g/mol. The molecule has 1 aromatic carbocycles. The minimum Gasteiger partial charge on any atom is -0.508 e. The van der Waals surface area contributed by atoms with Crippen molar-refractivity contribution in [3.8, 4) is 5.75 Å². The van der Waals surface area contributed by atoms with Crippen LogP contribution in [0.3, 0.4) is 0 Å². The molecule has 0 radical (unpaired) electrons. The lowest BCUT2D eigenvalue weighted by Gasteiger charge is -2.02. The molecule has 130 valence electrons. The van der Waals surface area contributed by atoms with E-state index in [1.165, 1.54) is 0 Å². The molecule has 0 unspecified atom stereocenters. The third kappa shape index (κ3) is 4.86. The maximum atomic E-state index is 9.52. The van der Waals surface area contributed by atoms with E-state index in [1.807, 2.05) is 59.0 Å². The second-order valence-corrected chi connectivity index (χ2v) is 5.66. The number of phenolic OH excluding ortho intramolecular Hbond substituents is 1. The first-order valence-corrected chi connectivity index (χ1v) is 9.12. The summed E-state index contributed by atoms with van der Waals surface area (Å²) in [6.07, 6.45) is 6.65. The fraction of sp³-hybridized carbons (Fsp3) is 0.316. The molecule has 1 aromatic heterocycles. The number of thiazole rings is 1. The Morgan fingerprint density at radius 2 is 1.88 bits per heavy atom. The Morgan fingerprint density at radius 1 is 1.17 bits per heavy atom. The van der Waals surface area contributed by atoms with Gasteiger partial charge in [-0.25, -0.2) is 4.98 Å². The normalized spacial score (nSPS) is 13.3. The highest BCUT2D eigenvalue weighted by Gasteiger charge is 2.12. The molecule has 0 spiro atoms. The van der Waals surface area contributed by atoms with Crippen molar-refractivity contribution in [3.05, 3.63) is 52.8 Å². The van der Waals surface area contributed by atoms with Gasteiger partial charge in [0.05, 0.1) is 10.2 Å². The van der Waals surface area contributed by atoms with Crippen molar-refractivity contribution in [2.24, 2.45) is 5.73 Å². The molecule has 4 N–H and O–H groups in total. The van der Waals surface area contributed by atoms with Crippen LogP contribution in [0.4, 0.5) is 0 Å². The number of nitrogens with two attached hydrogens (primary N) is 1. The Morgan fingerprint density at radius 3 is 2.54 bits per heavy atom. The Bertz CT molecular complexity index is 757. The first-order chi connectivity index (χ1) is 11.7. The highest BCUT2D eigenvalue weighted by molar-refractivity contribution is 7.19. The van der Waals surface area contributed by atoms with Crippen molar-refractivity contribution in [1.82, 2.24) is 10.3 Å². The van der Waals surface area contributed by atoms with E-state index in [4.69, 9.17) is 5.73 Å². The first-order valence-electron chi connectivity index (χ1n) is 8.30. The Balaban J connectivity index is 0.000000671. The van der Waals surface area contributed by atoms with Gasteiger partial charge in [-0.05, 0) is 35.9 Å². The molecule has 0 fully saturated rings. The fourth-order valence-corrected chi connectivity index (χ4v) is 3.14. The van der Waals surface area contributed by atoms with Crippen LogP contribution in [0.15, 0.2) is 47.8 Å². The van der Waals surface area contributed by atoms with Crippen molar-refractivity contribution < 1.29 is 5.11 Å². The fourth-order valence-electron chi connectivity index (χ4n) is 2.12. The molecule has 0 bridgehead atoms. The summed E-state index contributed by atoms with van der Waals surface area (Å²) >= 11 is 1.57. The van der Waals surface area contributed by atoms with Crippen molar-refractivity contribution in [1.29, 1.82) is 0 Å². The lowest BCUT2D eigenvalue weighted by Crippen LogP contribution is -2.05. The maximum Gasteiger partial charge on any atom is 0.120 e. The summed E-state index contributed by atoms with van der Waals surface area (Å²) in [7, 11) is 1.87. The molecule has 0 saturated carbocycles. The molecular formula is C19H27N3OS. The van der Waals surface area contributed by atoms with E-state index in [2.05, 4.69) is 10.3 Å². The molecule has 24 heavy (non-hydrogen) atoms. The summed E-state index contributed by atoms with van der Waals surface area (Å²) in [6.45, 7) is 8.00. The van der Waals surface area contributed by atoms with Gasteiger partial charge in [0.15, 0.2) is 0 Å². The zero-order chi connectivity index (χ0) is 18.1. The third-order valence-electron chi connectivity index (χ3n) is 3.13. The van der Waals surface area contributed by atoms with Gasteiger partial charge in [0, 0.05) is 24.9 Å². The van der Waals surface area contributed by atoms with Crippen LogP contribution in [0.25, 0.3) is 15.8 Å². The van der Waals surface area contributed by atoms with E-state index in [-0.39, 0.29) is 5.75 Å². The lowest BCUT2D eigenvalue weighted by molar-refractivity contribution is 0.476. The summed E-state index contributed by atoms with van der Waals surface area (Å²) in [5.74, 6) is 0.263. The van der Waals surface area contributed by atoms with Gasteiger partial charge >= 0.3 is 0 Å². The molecule has 0 aliphatic heterocycles. The largest absolute Gasteiger partial charge is 0.508 e. The minimum absolute atomic E-state index is 0.263. The Labute approximate surface area is 148 Å². The van der Waals surface area contributed by atoms with Crippen LogP contribution in [-0.4, -0.2) is 17.1 Å². The number of aromatic nitrogens is 1. The second kappa shape index (κ2) is 9.78. The van der Waals surface area contributed by atoms with Gasteiger partial charge in [0.1, 0.15) is 10.8 Å². The predicted octanol–water partition coefficient (Wildman–Crippen LogP) is 4.79. The van der Waals surface area contributed by atoms with Crippen LogP contribution in [0.1, 0.15) is 39.1 Å². The van der Waals surface area contributed by atoms with E-state index in [9.17, 15) is 5.11 Å². The average molecular weight is 346 g/mol. The third-order valence-corrected chi connectivity index (χ3v) is 4.23. The van der Waals surface area contributed by atoms with Crippen LogP contribution in [-0.2, 0) is 0 Å². The molecule has 1 aliphatic rings. The van der Waals surface area contributed by atoms with E-state index in [1.54, 1.807) is 23.5 Å². The number of allylic oxidation sites excluding steroid dienone is 4. The molecule has 1 heterocycles. The number of benzene rings is 1. The van der Waals surface area contributed by atoms with Crippen molar-refractivity contribution in [2.45, 2.75) is 34.1 Å².